The summed E-state index contributed by atoms with van der Waals surface area (Å²) in [7, 11) is 0. The fourth-order valence-electron chi connectivity index (χ4n) is 3.17. The average Bonchev–Trinajstić information content (AvgIpc) is 3.13. The molecule has 2 fully saturated rings. The van der Waals surface area contributed by atoms with Crippen molar-refractivity contribution >= 4 is 17.6 Å². The van der Waals surface area contributed by atoms with Crippen LogP contribution in [0.3, 0.4) is 0 Å². The van der Waals surface area contributed by atoms with Crippen LogP contribution in [0.1, 0.15) is 18.4 Å². The predicted octanol–water partition coefficient (Wildman–Crippen LogP) is 2.88. The van der Waals surface area contributed by atoms with Gasteiger partial charge in [0.15, 0.2) is 0 Å². The number of hydrogen-bond acceptors (Lipinski definition) is 2. The van der Waals surface area contributed by atoms with Crippen LogP contribution in [0.2, 0.25) is 5.02 Å². The van der Waals surface area contributed by atoms with Gasteiger partial charge in [-0.05, 0) is 36.3 Å². The van der Waals surface area contributed by atoms with Crippen LogP contribution in [0.25, 0.3) is 0 Å². The quantitative estimate of drug-likeness (QED) is 0.921. The summed E-state index contributed by atoms with van der Waals surface area (Å²) in [6.45, 7) is 2.31. The highest BCUT2D eigenvalue weighted by Crippen LogP contribution is 2.44. The Bertz CT molecular complexity index is 487. The third kappa shape index (κ3) is 2.77. The number of rotatable bonds is 4. The number of carboxylic acid groups (broad SMARTS) is 1. The molecule has 1 saturated heterocycles. The molecule has 2 aliphatic rings. The number of nitrogens with zero attached hydrogens (tertiary/aromatic N) is 1. The highest BCUT2D eigenvalue weighted by molar-refractivity contribution is 6.31. The molecule has 1 N–H and O–H groups in total. The number of likely N-dealkylation sites (tertiary alicyclic amines) is 1. The molecule has 1 aliphatic heterocycles. The Labute approximate surface area is 118 Å². The highest BCUT2D eigenvalue weighted by Gasteiger charge is 2.45. The van der Waals surface area contributed by atoms with E-state index in [2.05, 4.69) is 4.90 Å². The van der Waals surface area contributed by atoms with Gasteiger partial charge in [0, 0.05) is 24.7 Å². The molecule has 102 valence electrons. The van der Waals surface area contributed by atoms with E-state index >= 15 is 0 Å². The molecular weight excluding hydrogens is 262 g/mol. The Hall–Kier alpha value is -1.06. The molecule has 0 unspecified atom stereocenters. The lowest BCUT2D eigenvalue weighted by atomic mass is 9.92. The van der Waals surface area contributed by atoms with Gasteiger partial charge in [0.2, 0.25) is 0 Å². The van der Waals surface area contributed by atoms with Crippen molar-refractivity contribution in [3.05, 3.63) is 34.9 Å². The van der Waals surface area contributed by atoms with E-state index in [1.165, 1.54) is 12.8 Å². The van der Waals surface area contributed by atoms with Crippen molar-refractivity contribution in [2.24, 2.45) is 17.8 Å². The Morgan fingerprint density at radius 3 is 2.68 bits per heavy atom. The van der Waals surface area contributed by atoms with Crippen molar-refractivity contribution in [3.63, 3.8) is 0 Å². The van der Waals surface area contributed by atoms with E-state index in [-0.39, 0.29) is 5.92 Å². The summed E-state index contributed by atoms with van der Waals surface area (Å²) in [5.74, 6) is 0.130. The lowest BCUT2D eigenvalue weighted by molar-refractivity contribution is -0.142. The predicted molar refractivity (Wildman–Crippen MR) is 74.1 cm³/mol. The van der Waals surface area contributed by atoms with Gasteiger partial charge in [-0.3, -0.25) is 9.69 Å². The van der Waals surface area contributed by atoms with Crippen molar-refractivity contribution in [1.29, 1.82) is 0 Å². The second-order valence-electron chi connectivity index (χ2n) is 5.73. The minimum absolute atomic E-state index is 0.199. The third-order valence-corrected chi connectivity index (χ3v) is 4.71. The molecule has 4 heteroatoms. The average molecular weight is 280 g/mol. The summed E-state index contributed by atoms with van der Waals surface area (Å²) in [5.41, 5.74) is 1.09. The zero-order valence-corrected chi connectivity index (χ0v) is 11.5. The van der Waals surface area contributed by atoms with Crippen molar-refractivity contribution in [1.82, 2.24) is 4.90 Å². The molecule has 0 radical (unpaired) electrons. The normalized spacial score (nSPS) is 27.6. The molecule has 0 amide bonds. The number of hydrogen-bond donors (Lipinski definition) is 1. The van der Waals surface area contributed by atoms with Crippen molar-refractivity contribution < 1.29 is 9.90 Å². The van der Waals surface area contributed by atoms with Gasteiger partial charge < -0.3 is 5.11 Å². The zero-order chi connectivity index (χ0) is 13.4. The summed E-state index contributed by atoms with van der Waals surface area (Å²) >= 11 is 6.17. The first-order valence-electron chi connectivity index (χ1n) is 6.83. The molecule has 1 heterocycles. The number of carbonyl (C=O) groups is 1. The van der Waals surface area contributed by atoms with Crippen LogP contribution >= 0.6 is 11.6 Å². The third-order valence-electron chi connectivity index (χ3n) is 4.34. The van der Waals surface area contributed by atoms with Crippen LogP contribution in [0.15, 0.2) is 24.3 Å². The number of benzene rings is 1. The van der Waals surface area contributed by atoms with Gasteiger partial charge in [0.1, 0.15) is 0 Å². The zero-order valence-electron chi connectivity index (χ0n) is 10.8. The Kier molecular flexibility index (Phi) is 3.50. The van der Waals surface area contributed by atoms with Crippen LogP contribution in [-0.2, 0) is 11.3 Å². The van der Waals surface area contributed by atoms with Gasteiger partial charge in [-0.25, -0.2) is 0 Å². The summed E-state index contributed by atoms with van der Waals surface area (Å²) in [6, 6.07) is 7.80. The number of aliphatic carboxylic acids is 1. The molecule has 2 atom stereocenters. The topological polar surface area (TPSA) is 40.5 Å². The second kappa shape index (κ2) is 5.14. The van der Waals surface area contributed by atoms with E-state index in [0.717, 1.165) is 23.7 Å². The lowest BCUT2D eigenvalue weighted by Gasteiger charge is -2.16. The van der Waals surface area contributed by atoms with Gasteiger partial charge in [0.05, 0.1) is 5.92 Å². The van der Waals surface area contributed by atoms with E-state index in [9.17, 15) is 9.90 Å². The molecule has 0 bridgehead atoms. The maximum Gasteiger partial charge on any atom is 0.308 e. The summed E-state index contributed by atoms with van der Waals surface area (Å²) in [5, 5.41) is 10.1. The largest absolute Gasteiger partial charge is 0.481 e. The van der Waals surface area contributed by atoms with Gasteiger partial charge in [-0.1, -0.05) is 29.8 Å². The molecule has 19 heavy (non-hydrogen) atoms. The summed E-state index contributed by atoms with van der Waals surface area (Å²) in [4.78, 5) is 13.6. The van der Waals surface area contributed by atoms with Gasteiger partial charge in [0.25, 0.3) is 0 Å². The Balaban J connectivity index is 1.70. The fourth-order valence-corrected chi connectivity index (χ4v) is 3.37. The van der Waals surface area contributed by atoms with Gasteiger partial charge in [-0.15, -0.1) is 0 Å². The molecule has 1 aliphatic carbocycles. The van der Waals surface area contributed by atoms with E-state index in [1.807, 2.05) is 24.3 Å². The van der Waals surface area contributed by atoms with Crippen molar-refractivity contribution in [3.8, 4) is 0 Å². The molecule has 0 aromatic heterocycles. The minimum atomic E-state index is -0.640. The smallest absolute Gasteiger partial charge is 0.308 e. The van der Waals surface area contributed by atoms with Crippen LogP contribution in [0, 0.1) is 17.8 Å². The molecular formula is C15H18ClNO2. The van der Waals surface area contributed by atoms with Crippen LogP contribution in [0.4, 0.5) is 0 Å². The fraction of sp³-hybridized carbons (Fsp3) is 0.533. The first kappa shape index (κ1) is 12.9. The van der Waals surface area contributed by atoms with E-state index in [0.29, 0.717) is 18.4 Å². The standard InChI is InChI=1S/C15H18ClNO2/c16-14-4-2-1-3-11(14)7-17-8-12(10-5-6-10)13(9-17)15(18)19/h1-4,10,12-13H,5-9H2,(H,18,19)/t12-,13+/m0/s1. The van der Waals surface area contributed by atoms with Crippen molar-refractivity contribution in [2.75, 3.05) is 13.1 Å². The van der Waals surface area contributed by atoms with Crippen molar-refractivity contribution in [2.45, 2.75) is 19.4 Å². The first-order chi connectivity index (χ1) is 9.15. The van der Waals surface area contributed by atoms with Gasteiger partial charge in [-0.2, -0.15) is 0 Å². The monoisotopic (exact) mass is 279 g/mol. The van der Waals surface area contributed by atoms with Gasteiger partial charge >= 0.3 is 5.97 Å². The second-order valence-corrected chi connectivity index (χ2v) is 6.14. The molecule has 1 aromatic carbocycles. The minimum Gasteiger partial charge on any atom is -0.481 e. The SMILES string of the molecule is O=C(O)[C@@H]1CN(Cc2ccccc2Cl)C[C@H]1C1CC1. The maximum absolute atomic E-state index is 11.4. The van der Waals surface area contributed by atoms with E-state index < -0.39 is 5.97 Å². The number of carboxylic acids is 1. The number of halogens is 1. The van der Waals surface area contributed by atoms with E-state index in [4.69, 9.17) is 11.6 Å². The molecule has 3 nitrogen and oxygen atoms in total. The summed E-state index contributed by atoms with van der Waals surface area (Å²) < 4.78 is 0. The van der Waals surface area contributed by atoms with Crippen LogP contribution in [0.5, 0.6) is 0 Å². The van der Waals surface area contributed by atoms with Crippen LogP contribution < -0.4 is 0 Å². The Morgan fingerprint density at radius 1 is 1.32 bits per heavy atom. The highest BCUT2D eigenvalue weighted by atomic mass is 35.5. The molecule has 3 rings (SSSR count). The first-order valence-corrected chi connectivity index (χ1v) is 7.21. The van der Waals surface area contributed by atoms with Crippen LogP contribution in [-0.4, -0.2) is 29.1 Å². The molecule has 1 saturated carbocycles. The molecule has 0 spiro atoms. The lowest BCUT2D eigenvalue weighted by Crippen LogP contribution is -2.24. The molecule has 1 aromatic rings. The maximum atomic E-state index is 11.4. The Morgan fingerprint density at radius 2 is 2.05 bits per heavy atom. The summed E-state index contributed by atoms with van der Waals surface area (Å²) in [6.07, 6.45) is 2.41. The van der Waals surface area contributed by atoms with E-state index in [1.54, 1.807) is 0 Å².